The summed E-state index contributed by atoms with van der Waals surface area (Å²) in [6.45, 7) is 1.79. The molecule has 4 rings (SSSR count). The van der Waals surface area contributed by atoms with E-state index in [9.17, 15) is 4.39 Å². The van der Waals surface area contributed by atoms with Gasteiger partial charge in [-0.25, -0.2) is 14.1 Å². The van der Waals surface area contributed by atoms with Crippen LogP contribution < -0.4 is 5.32 Å². The first-order valence-corrected chi connectivity index (χ1v) is 8.14. The molecule has 0 bridgehead atoms. The molecule has 4 nitrogen and oxygen atoms in total. The van der Waals surface area contributed by atoms with E-state index in [4.69, 9.17) is 5.10 Å². The third-order valence-electron chi connectivity index (χ3n) is 3.90. The predicted molar refractivity (Wildman–Crippen MR) is 83.9 cm³/mol. The van der Waals surface area contributed by atoms with Crippen LogP contribution in [0.4, 0.5) is 4.39 Å². The Bertz CT molecular complexity index is 777. The standard InChI is InChI=1S/C16H15FN4S/c17-12-3-1-11(2-4-12)9-14-13-10-18-6-5-15(13)21(20-14)16-19-7-8-22-16/h1-4,7-8,18H,5-6,9-10H2. The number of hydrogen-bond acceptors (Lipinski definition) is 4. The van der Waals surface area contributed by atoms with Crippen molar-refractivity contribution in [2.24, 2.45) is 0 Å². The fraction of sp³-hybridized carbons (Fsp3) is 0.250. The molecule has 0 amide bonds. The molecule has 0 atom stereocenters. The number of halogens is 1. The van der Waals surface area contributed by atoms with Crippen LogP contribution in [0.15, 0.2) is 35.8 Å². The lowest BCUT2D eigenvalue weighted by atomic mass is 10.0. The van der Waals surface area contributed by atoms with Gasteiger partial charge in [0.05, 0.1) is 11.4 Å². The Balaban J connectivity index is 1.74. The summed E-state index contributed by atoms with van der Waals surface area (Å²) < 4.78 is 15.0. The van der Waals surface area contributed by atoms with Crippen LogP contribution >= 0.6 is 11.3 Å². The van der Waals surface area contributed by atoms with Crippen molar-refractivity contribution >= 4 is 11.3 Å². The minimum atomic E-state index is -0.208. The van der Waals surface area contributed by atoms with Gasteiger partial charge in [-0.1, -0.05) is 12.1 Å². The largest absolute Gasteiger partial charge is 0.312 e. The lowest BCUT2D eigenvalue weighted by Crippen LogP contribution is -2.25. The van der Waals surface area contributed by atoms with Crippen molar-refractivity contribution in [2.45, 2.75) is 19.4 Å². The van der Waals surface area contributed by atoms with E-state index in [-0.39, 0.29) is 5.82 Å². The van der Waals surface area contributed by atoms with Gasteiger partial charge in [0, 0.05) is 43.1 Å². The summed E-state index contributed by atoms with van der Waals surface area (Å²) in [5.41, 5.74) is 4.61. The number of benzene rings is 1. The smallest absolute Gasteiger partial charge is 0.210 e. The molecule has 3 heterocycles. The first kappa shape index (κ1) is 13.6. The Kier molecular flexibility index (Phi) is 3.48. The second-order valence-corrected chi connectivity index (χ2v) is 6.20. The number of thiazole rings is 1. The molecule has 0 spiro atoms. The molecule has 1 aliphatic rings. The van der Waals surface area contributed by atoms with Gasteiger partial charge < -0.3 is 5.32 Å². The fourth-order valence-electron chi connectivity index (χ4n) is 2.83. The number of aromatic nitrogens is 3. The first-order valence-electron chi connectivity index (χ1n) is 7.26. The van der Waals surface area contributed by atoms with Crippen LogP contribution in [0, 0.1) is 5.82 Å². The van der Waals surface area contributed by atoms with Gasteiger partial charge >= 0.3 is 0 Å². The van der Waals surface area contributed by atoms with Gasteiger partial charge in [0.15, 0.2) is 0 Å². The summed E-state index contributed by atoms with van der Waals surface area (Å²) in [6, 6.07) is 6.64. The maximum atomic E-state index is 13.1. The van der Waals surface area contributed by atoms with Crippen molar-refractivity contribution in [1.29, 1.82) is 0 Å². The lowest BCUT2D eigenvalue weighted by Gasteiger charge is -2.14. The van der Waals surface area contributed by atoms with Gasteiger partial charge in [0.2, 0.25) is 5.13 Å². The highest BCUT2D eigenvalue weighted by Gasteiger charge is 2.22. The third kappa shape index (κ3) is 2.44. The molecule has 1 aromatic carbocycles. The molecule has 3 aromatic rings. The highest BCUT2D eigenvalue weighted by Crippen LogP contribution is 2.24. The lowest BCUT2D eigenvalue weighted by molar-refractivity contribution is 0.621. The zero-order valence-corrected chi connectivity index (χ0v) is 12.7. The summed E-state index contributed by atoms with van der Waals surface area (Å²) in [5.74, 6) is -0.208. The maximum Gasteiger partial charge on any atom is 0.210 e. The van der Waals surface area contributed by atoms with Gasteiger partial charge in [-0.15, -0.1) is 11.3 Å². The van der Waals surface area contributed by atoms with E-state index in [0.717, 1.165) is 35.9 Å². The third-order valence-corrected chi connectivity index (χ3v) is 4.65. The quantitative estimate of drug-likeness (QED) is 0.808. The molecule has 112 valence electrons. The average molecular weight is 314 g/mol. The van der Waals surface area contributed by atoms with Crippen molar-refractivity contribution in [1.82, 2.24) is 20.1 Å². The molecule has 0 saturated carbocycles. The highest BCUT2D eigenvalue weighted by atomic mass is 32.1. The summed E-state index contributed by atoms with van der Waals surface area (Å²) in [5, 5.41) is 11.1. The highest BCUT2D eigenvalue weighted by molar-refractivity contribution is 7.12. The molecule has 6 heteroatoms. The van der Waals surface area contributed by atoms with Crippen LogP contribution in [0.1, 0.15) is 22.5 Å². The average Bonchev–Trinajstić information content (AvgIpc) is 3.18. The van der Waals surface area contributed by atoms with E-state index in [1.165, 1.54) is 23.4 Å². The second kappa shape index (κ2) is 5.62. The van der Waals surface area contributed by atoms with Crippen molar-refractivity contribution in [3.8, 4) is 5.13 Å². The molecular weight excluding hydrogens is 299 g/mol. The second-order valence-electron chi connectivity index (χ2n) is 5.33. The van der Waals surface area contributed by atoms with Gasteiger partial charge in [-0.2, -0.15) is 5.10 Å². The van der Waals surface area contributed by atoms with E-state index < -0.39 is 0 Å². The number of fused-ring (bicyclic) bond motifs is 1. The zero-order valence-electron chi connectivity index (χ0n) is 11.9. The summed E-state index contributed by atoms with van der Waals surface area (Å²) in [7, 11) is 0. The molecule has 0 saturated heterocycles. The van der Waals surface area contributed by atoms with Crippen LogP contribution in [0.25, 0.3) is 5.13 Å². The van der Waals surface area contributed by atoms with E-state index in [1.807, 2.05) is 22.2 Å². The number of rotatable bonds is 3. The Morgan fingerprint density at radius 1 is 1.27 bits per heavy atom. The van der Waals surface area contributed by atoms with Crippen molar-refractivity contribution in [3.05, 3.63) is 64.2 Å². The molecule has 1 aliphatic heterocycles. The van der Waals surface area contributed by atoms with E-state index in [1.54, 1.807) is 17.5 Å². The minimum absolute atomic E-state index is 0.208. The van der Waals surface area contributed by atoms with E-state index in [0.29, 0.717) is 6.42 Å². The number of hydrogen-bond donors (Lipinski definition) is 1. The molecule has 0 unspecified atom stereocenters. The predicted octanol–water partition coefficient (Wildman–Crippen LogP) is 2.70. The molecule has 0 radical (unpaired) electrons. The molecule has 0 aliphatic carbocycles. The normalized spacial score (nSPS) is 14.0. The van der Waals surface area contributed by atoms with E-state index >= 15 is 0 Å². The number of nitrogens with one attached hydrogen (secondary N) is 1. The Morgan fingerprint density at radius 2 is 2.14 bits per heavy atom. The summed E-state index contributed by atoms with van der Waals surface area (Å²) >= 11 is 1.59. The SMILES string of the molecule is Fc1ccc(Cc2nn(-c3nccs3)c3c2CNCC3)cc1. The fourth-order valence-corrected chi connectivity index (χ4v) is 3.45. The molecule has 22 heavy (non-hydrogen) atoms. The van der Waals surface area contributed by atoms with Crippen LogP contribution in [0.2, 0.25) is 0 Å². The number of nitrogens with zero attached hydrogens (tertiary/aromatic N) is 3. The topological polar surface area (TPSA) is 42.7 Å². The maximum absolute atomic E-state index is 13.1. The van der Waals surface area contributed by atoms with E-state index in [2.05, 4.69) is 10.3 Å². The van der Waals surface area contributed by atoms with Crippen molar-refractivity contribution < 1.29 is 4.39 Å². The zero-order chi connectivity index (χ0) is 14.9. The van der Waals surface area contributed by atoms with Crippen LogP contribution in [-0.4, -0.2) is 21.3 Å². The molecule has 1 N–H and O–H groups in total. The van der Waals surface area contributed by atoms with Crippen LogP contribution in [0.3, 0.4) is 0 Å². The molecular formula is C16H15FN4S. The Morgan fingerprint density at radius 3 is 2.91 bits per heavy atom. The Labute approximate surface area is 131 Å². The van der Waals surface area contributed by atoms with Gasteiger partial charge in [-0.05, 0) is 17.7 Å². The molecule has 2 aromatic heterocycles. The van der Waals surface area contributed by atoms with Crippen molar-refractivity contribution in [2.75, 3.05) is 6.54 Å². The monoisotopic (exact) mass is 314 g/mol. The van der Waals surface area contributed by atoms with Crippen LogP contribution in [0.5, 0.6) is 0 Å². The van der Waals surface area contributed by atoms with Gasteiger partial charge in [-0.3, -0.25) is 0 Å². The summed E-state index contributed by atoms with van der Waals surface area (Å²) in [6.07, 6.45) is 3.46. The van der Waals surface area contributed by atoms with Crippen LogP contribution in [-0.2, 0) is 19.4 Å². The van der Waals surface area contributed by atoms with Gasteiger partial charge in [0.1, 0.15) is 5.82 Å². The minimum Gasteiger partial charge on any atom is -0.312 e. The van der Waals surface area contributed by atoms with Gasteiger partial charge in [0.25, 0.3) is 0 Å². The van der Waals surface area contributed by atoms with Crippen molar-refractivity contribution in [3.63, 3.8) is 0 Å². The summed E-state index contributed by atoms with van der Waals surface area (Å²) in [4.78, 5) is 4.38. The first-order chi connectivity index (χ1) is 10.8. The Hall–Kier alpha value is -2.05. The molecule has 0 fully saturated rings.